The molecule has 0 heterocycles. The van der Waals surface area contributed by atoms with Crippen LogP contribution >= 0.6 is 0 Å². The van der Waals surface area contributed by atoms with Gasteiger partial charge in [0.05, 0.1) is 6.04 Å². The maximum atomic E-state index is 13.7. The van der Waals surface area contributed by atoms with Crippen LogP contribution in [0, 0.1) is 17.2 Å². The molecule has 1 aliphatic rings. The van der Waals surface area contributed by atoms with Crippen LogP contribution in [0.1, 0.15) is 45.6 Å². The van der Waals surface area contributed by atoms with Crippen molar-refractivity contribution in [2.75, 3.05) is 0 Å². The minimum atomic E-state index is -0.508. The Labute approximate surface area is 124 Å². The van der Waals surface area contributed by atoms with Gasteiger partial charge in [0, 0.05) is 5.92 Å². The first-order valence-electron chi connectivity index (χ1n) is 7.27. The predicted octanol–water partition coefficient (Wildman–Crippen LogP) is 3.05. The lowest BCUT2D eigenvalue weighted by Crippen LogP contribution is -2.48. The lowest BCUT2D eigenvalue weighted by molar-refractivity contribution is -0.129. The molecule has 3 atom stereocenters. The smallest absolute Gasteiger partial charge is 0.224 e. The summed E-state index contributed by atoms with van der Waals surface area (Å²) in [5.74, 6) is -0.779. The zero-order valence-corrected chi connectivity index (χ0v) is 12.9. The van der Waals surface area contributed by atoms with Gasteiger partial charge in [0.1, 0.15) is 5.82 Å². The molecule has 1 unspecified atom stereocenters. The van der Waals surface area contributed by atoms with Crippen molar-refractivity contribution in [1.29, 1.82) is 0 Å². The second kappa shape index (κ2) is 5.58. The molecule has 1 saturated carbocycles. The third-order valence-corrected chi connectivity index (χ3v) is 3.99. The fourth-order valence-corrected chi connectivity index (χ4v) is 2.78. The van der Waals surface area contributed by atoms with E-state index in [0.29, 0.717) is 12.0 Å². The minimum absolute atomic E-state index is 0.0565. The van der Waals surface area contributed by atoms with Crippen LogP contribution in [-0.2, 0) is 9.59 Å². The van der Waals surface area contributed by atoms with Gasteiger partial charge in [-0.25, -0.2) is 4.39 Å². The maximum Gasteiger partial charge on any atom is 0.224 e. The van der Waals surface area contributed by atoms with Crippen LogP contribution in [0.2, 0.25) is 0 Å². The van der Waals surface area contributed by atoms with E-state index in [0.717, 1.165) is 0 Å². The first-order chi connectivity index (χ1) is 9.71. The molecule has 0 saturated heterocycles. The summed E-state index contributed by atoms with van der Waals surface area (Å²) >= 11 is 0. The Morgan fingerprint density at radius 2 is 1.90 bits per heavy atom. The van der Waals surface area contributed by atoms with E-state index in [1.165, 1.54) is 13.0 Å². The van der Waals surface area contributed by atoms with Crippen molar-refractivity contribution in [1.82, 2.24) is 5.32 Å². The highest BCUT2D eigenvalue weighted by Crippen LogP contribution is 2.48. The number of Topliss-reactive ketones (excluding diaryl/α,β-unsaturated/α-hetero) is 1. The first kappa shape index (κ1) is 15.7. The van der Waals surface area contributed by atoms with Crippen LogP contribution in [0.3, 0.4) is 0 Å². The van der Waals surface area contributed by atoms with Gasteiger partial charge in [-0.05, 0) is 36.3 Å². The zero-order chi connectivity index (χ0) is 15.8. The Balaban J connectivity index is 2.04. The van der Waals surface area contributed by atoms with Crippen LogP contribution in [0.4, 0.5) is 4.39 Å². The Kier molecular flexibility index (Phi) is 4.17. The molecule has 1 aliphatic carbocycles. The quantitative estimate of drug-likeness (QED) is 0.926. The van der Waals surface area contributed by atoms with Gasteiger partial charge in [-0.15, -0.1) is 0 Å². The number of nitrogens with one attached hydrogen (secondary N) is 1. The van der Waals surface area contributed by atoms with Gasteiger partial charge in [0.2, 0.25) is 5.91 Å². The largest absolute Gasteiger partial charge is 0.346 e. The Morgan fingerprint density at radius 3 is 2.43 bits per heavy atom. The minimum Gasteiger partial charge on any atom is -0.346 e. The zero-order valence-electron chi connectivity index (χ0n) is 12.9. The van der Waals surface area contributed by atoms with Crippen LogP contribution in [-0.4, -0.2) is 17.7 Å². The average molecular weight is 291 g/mol. The Hall–Kier alpha value is -1.71. The Bertz CT molecular complexity index is 562. The number of benzene rings is 1. The Morgan fingerprint density at radius 1 is 1.29 bits per heavy atom. The van der Waals surface area contributed by atoms with Crippen LogP contribution in [0.15, 0.2) is 24.3 Å². The summed E-state index contributed by atoms with van der Waals surface area (Å²) in [5, 5.41) is 2.83. The van der Waals surface area contributed by atoms with E-state index in [1.54, 1.807) is 18.2 Å². The van der Waals surface area contributed by atoms with Crippen molar-refractivity contribution in [2.45, 2.75) is 46.1 Å². The van der Waals surface area contributed by atoms with E-state index in [1.807, 2.05) is 20.8 Å². The summed E-state index contributed by atoms with van der Waals surface area (Å²) < 4.78 is 13.7. The molecule has 21 heavy (non-hydrogen) atoms. The molecule has 0 aromatic heterocycles. The molecule has 1 fully saturated rings. The third kappa shape index (κ3) is 3.49. The molecule has 3 nitrogen and oxygen atoms in total. The molecule has 0 aliphatic heterocycles. The second-order valence-corrected chi connectivity index (χ2v) is 6.89. The van der Waals surface area contributed by atoms with Gasteiger partial charge in [-0.3, -0.25) is 9.59 Å². The molecule has 2 rings (SSSR count). The van der Waals surface area contributed by atoms with E-state index in [2.05, 4.69) is 5.32 Å². The molecule has 0 bridgehead atoms. The number of hydrogen-bond donors (Lipinski definition) is 1. The molecule has 1 aromatic carbocycles. The maximum absolute atomic E-state index is 13.7. The molecule has 1 amide bonds. The van der Waals surface area contributed by atoms with E-state index in [-0.39, 0.29) is 34.8 Å². The van der Waals surface area contributed by atoms with Crippen molar-refractivity contribution in [2.24, 2.45) is 11.3 Å². The van der Waals surface area contributed by atoms with Crippen LogP contribution in [0.5, 0.6) is 0 Å². The van der Waals surface area contributed by atoms with E-state index in [4.69, 9.17) is 0 Å². The van der Waals surface area contributed by atoms with Crippen molar-refractivity contribution in [3.05, 3.63) is 35.6 Å². The van der Waals surface area contributed by atoms with Crippen LogP contribution in [0.25, 0.3) is 0 Å². The number of ketones is 1. The fraction of sp³-hybridized carbons (Fsp3) is 0.529. The van der Waals surface area contributed by atoms with Gasteiger partial charge < -0.3 is 5.32 Å². The van der Waals surface area contributed by atoms with Crippen molar-refractivity contribution in [3.63, 3.8) is 0 Å². The topological polar surface area (TPSA) is 46.2 Å². The molecular weight excluding hydrogens is 269 g/mol. The third-order valence-electron chi connectivity index (χ3n) is 3.99. The number of hydrogen-bond acceptors (Lipinski definition) is 2. The van der Waals surface area contributed by atoms with E-state index in [9.17, 15) is 14.0 Å². The highest BCUT2D eigenvalue weighted by molar-refractivity contribution is 5.90. The molecule has 1 aromatic rings. The number of rotatable bonds is 4. The van der Waals surface area contributed by atoms with Crippen molar-refractivity contribution >= 4 is 11.7 Å². The summed E-state index contributed by atoms with van der Waals surface area (Å²) in [6, 6.07) is 6.04. The highest BCUT2D eigenvalue weighted by atomic mass is 19.1. The van der Waals surface area contributed by atoms with Gasteiger partial charge in [0.25, 0.3) is 0 Å². The lowest BCUT2D eigenvalue weighted by atomic mass is 9.84. The van der Waals surface area contributed by atoms with Gasteiger partial charge >= 0.3 is 0 Å². The predicted molar refractivity (Wildman–Crippen MR) is 79.3 cm³/mol. The number of halogens is 1. The SMILES string of the molecule is CC(=O)[C@@H](NC(=O)[C@@H]1CC1c1ccccc1F)C(C)(C)C. The number of amides is 1. The van der Waals surface area contributed by atoms with Gasteiger partial charge in [-0.1, -0.05) is 39.0 Å². The first-order valence-corrected chi connectivity index (χ1v) is 7.27. The van der Waals surface area contributed by atoms with E-state index >= 15 is 0 Å². The lowest BCUT2D eigenvalue weighted by Gasteiger charge is -2.29. The summed E-state index contributed by atoms with van der Waals surface area (Å²) in [5.41, 5.74) is 0.261. The number of carbonyl (C=O) groups excluding carboxylic acids is 2. The molecule has 1 N–H and O–H groups in total. The number of carbonyl (C=O) groups is 2. The highest BCUT2D eigenvalue weighted by Gasteiger charge is 2.46. The molecule has 0 radical (unpaired) electrons. The van der Waals surface area contributed by atoms with Crippen molar-refractivity contribution in [3.8, 4) is 0 Å². The van der Waals surface area contributed by atoms with E-state index < -0.39 is 6.04 Å². The second-order valence-electron chi connectivity index (χ2n) is 6.89. The van der Waals surface area contributed by atoms with Crippen LogP contribution < -0.4 is 5.32 Å². The molecule has 4 heteroatoms. The molecule has 114 valence electrons. The van der Waals surface area contributed by atoms with Crippen molar-refractivity contribution < 1.29 is 14.0 Å². The summed E-state index contributed by atoms with van der Waals surface area (Å²) in [7, 11) is 0. The molecule has 0 spiro atoms. The van der Waals surface area contributed by atoms with Gasteiger partial charge in [0.15, 0.2) is 5.78 Å². The normalized spacial score (nSPS) is 22.5. The van der Waals surface area contributed by atoms with Gasteiger partial charge in [-0.2, -0.15) is 0 Å². The fourth-order valence-electron chi connectivity index (χ4n) is 2.78. The molecular formula is C17H22FNO2. The monoisotopic (exact) mass is 291 g/mol. The average Bonchev–Trinajstić information content (AvgIpc) is 3.14. The summed E-state index contributed by atoms with van der Waals surface area (Å²) in [4.78, 5) is 24.0. The summed E-state index contributed by atoms with van der Waals surface area (Å²) in [6.07, 6.45) is 0.640. The summed E-state index contributed by atoms with van der Waals surface area (Å²) in [6.45, 7) is 7.24. The standard InChI is InChI=1S/C17H22FNO2/c1-10(20)15(17(2,3)4)19-16(21)13-9-12(13)11-7-5-6-8-14(11)18/h5-8,12-13,15H,9H2,1-4H3,(H,19,21)/t12?,13-,15-/m1/s1.